The van der Waals surface area contributed by atoms with Gasteiger partial charge in [0.2, 0.25) is 0 Å². The number of aromatic nitrogens is 2. The molecule has 0 radical (unpaired) electrons. The minimum Gasteiger partial charge on any atom is -0.368 e. The number of pyridine rings is 2. The Kier molecular flexibility index (Phi) is 5.19. The molecule has 0 saturated carbocycles. The van der Waals surface area contributed by atoms with Crippen LogP contribution in [0.5, 0.6) is 0 Å². The number of anilines is 3. The summed E-state index contributed by atoms with van der Waals surface area (Å²) in [7, 11) is 0. The van der Waals surface area contributed by atoms with Crippen molar-refractivity contribution in [3.05, 3.63) is 78.2 Å². The lowest BCUT2D eigenvalue weighted by atomic mass is 10.2. The van der Waals surface area contributed by atoms with Crippen LogP contribution in [-0.2, 0) is 0 Å². The van der Waals surface area contributed by atoms with Crippen LogP contribution >= 0.6 is 0 Å². The molecule has 0 bridgehead atoms. The number of nitrogens with one attached hydrogen (secondary N) is 1. The molecular weight excluding hydrogens is 350 g/mol. The Morgan fingerprint density at radius 3 is 2.46 bits per heavy atom. The van der Waals surface area contributed by atoms with Crippen LogP contribution < -0.4 is 15.1 Å². The normalized spacial score (nSPS) is 14.0. The van der Waals surface area contributed by atoms with E-state index < -0.39 is 0 Å². The molecule has 1 aliphatic heterocycles. The highest BCUT2D eigenvalue weighted by Crippen LogP contribution is 2.21. The van der Waals surface area contributed by atoms with Gasteiger partial charge in [0.15, 0.2) is 0 Å². The molecule has 142 valence electrons. The molecule has 2 aromatic heterocycles. The third kappa shape index (κ3) is 4.11. The van der Waals surface area contributed by atoms with Gasteiger partial charge in [-0.15, -0.1) is 0 Å². The van der Waals surface area contributed by atoms with Gasteiger partial charge in [-0.25, -0.2) is 4.98 Å². The molecule has 1 aliphatic rings. The van der Waals surface area contributed by atoms with Crippen molar-refractivity contribution < 1.29 is 4.79 Å². The van der Waals surface area contributed by atoms with Crippen molar-refractivity contribution in [3.8, 4) is 0 Å². The molecule has 1 amide bonds. The quantitative estimate of drug-likeness (QED) is 0.760. The predicted molar refractivity (Wildman–Crippen MR) is 112 cm³/mol. The number of carbonyl (C=O) groups is 1. The van der Waals surface area contributed by atoms with Gasteiger partial charge in [-0.3, -0.25) is 9.78 Å². The summed E-state index contributed by atoms with van der Waals surface area (Å²) in [6, 6.07) is 16.0. The average Bonchev–Trinajstić information content (AvgIpc) is 2.75. The zero-order chi connectivity index (χ0) is 19.3. The first-order valence-electron chi connectivity index (χ1n) is 9.43. The number of aryl methyl sites for hydroxylation is 1. The van der Waals surface area contributed by atoms with E-state index in [0.29, 0.717) is 11.3 Å². The van der Waals surface area contributed by atoms with E-state index in [0.717, 1.165) is 32.0 Å². The maximum Gasteiger partial charge on any atom is 0.257 e. The van der Waals surface area contributed by atoms with E-state index in [4.69, 9.17) is 0 Å². The summed E-state index contributed by atoms with van der Waals surface area (Å²) in [6.07, 6.45) is 4.90. The number of rotatable bonds is 4. The molecule has 4 rings (SSSR count). The topological polar surface area (TPSA) is 61.4 Å². The fourth-order valence-corrected chi connectivity index (χ4v) is 3.37. The molecule has 0 atom stereocenters. The molecule has 28 heavy (non-hydrogen) atoms. The molecule has 3 aromatic rings. The van der Waals surface area contributed by atoms with E-state index in [1.807, 2.05) is 12.1 Å². The van der Waals surface area contributed by atoms with E-state index >= 15 is 0 Å². The van der Waals surface area contributed by atoms with Gasteiger partial charge in [-0.05, 0) is 48.9 Å². The number of amides is 1. The molecular formula is C22H23N5O. The van der Waals surface area contributed by atoms with E-state index in [-0.39, 0.29) is 5.91 Å². The van der Waals surface area contributed by atoms with Crippen molar-refractivity contribution in [2.75, 3.05) is 41.3 Å². The molecule has 3 heterocycles. The van der Waals surface area contributed by atoms with E-state index in [1.54, 1.807) is 30.7 Å². The van der Waals surface area contributed by atoms with Crippen molar-refractivity contribution >= 4 is 23.1 Å². The first kappa shape index (κ1) is 18.0. The van der Waals surface area contributed by atoms with Crippen molar-refractivity contribution in [2.45, 2.75) is 6.92 Å². The highest BCUT2D eigenvalue weighted by atomic mass is 16.1. The fraction of sp³-hybridized carbons (Fsp3) is 0.227. The van der Waals surface area contributed by atoms with Gasteiger partial charge in [0.1, 0.15) is 5.82 Å². The fourth-order valence-electron chi connectivity index (χ4n) is 3.37. The van der Waals surface area contributed by atoms with Gasteiger partial charge >= 0.3 is 0 Å². The highest BCUT2D eigenvalue weighted by Gasteiger charge is 2.18. The molecule has 0 aliphatic carbocycles. The molecule has 0 spiro atoms. The second-order valence-electron chi connectivity index (χ2n) is 6.91. The summed E-state index contributed by atoms with van der Waals surface area (Å²) in [5, 5.41) is 2.85. The first-order chi connectivity index (χ1) is 13.7. The van der Waals surface area contributed by atoms with Gasteiger partial charge in [-0.1, -0.05) is 12.1 Å². The molecule has 1 fully saturated rings. The Balaban J connectivity index is 1.35. The zero-order valence-corrected chi connectivity index (χ0v) is 15.9. The summed E-state index contributed by atoms with van der Waals surface area (Å²) in [6.45, 7) is 5.89. The highest BCUT2D eigenvalue weighted by molar-refractivity contribution is 6.03. The minimum absolute atomic E-state index is 0.186. The molecule has 6 nitrogen and oxygen atoms in total. The van der Waals surface area contributed by atoms with Crippen LogP contribution in [-0.4, -0.2) is 42.1 Å². The van der Waals surface area contributed by atoms with E-state index in [2.05, 4.69) is 56.3 Å². The van der Waals surface area contributed by atoms with Crippen LogP contribution in [0.2, 0.25) is 0 Å². The van der Waals surface area contributed by atoms with E-state index in [9.17, 15) is 4.79 Å². The number of nitrogens with zero attached hydrogens (tertiary/aromatic N) is 4. The minimum atomic E-state index is -0.186. The van der Waals surface area contributed by atoms with Crippen molar-refractivity contribution in [1.29, 1.82) is 0 Å². The number of piperazine rings is 1. The first-order valence-corrected chi connectivity index (χ1v) is 9.43. The summed E-state index contributed by atoms with van der Waals surface area (Å²) in [4.78, 5) is 25.4. The van der Waals surface area contributed by atoms with Gasteiger partial charge in [0.05, 0.1) is 17.4 Å². The van der Waals surface area contributed by atoms with Gasteiger partial charge in [0.25, 0.3) is 5.91 Å². The smallest absolute Gasteiger partial charge is 0.257 e. The van der Waals surface area contributed by atoms with Crippen LogP contribution in [0, 0.1) is 6.92 Å². The number of hydrogen-bond acceptors (Lipinski definition) is 5. The van der Waals surface area contributed by atoms with Gasteiger partial charge < -0.3 is 15.1 Å². The average molecular weight is 373 g/mol. The van der Waals surface area contributed by atoms with Crippen LogP contribution in [0.15, 0.2) is 67.1 Å². The van der Waals surface area contributed by atoms with Crippen LogP contribution in [0.25, 0.3) is 0 Å². The lowest BCUT2D eigenvalue weighted by molar-refractivity contribution is 0.102. The summed E-state index contributed by atoms with van der Waals surface area (Å²) < 4.78 is 0. The number of hydrogen-bond donors (Lipinski definition) is 1. The summed E-state index contributed by atoms with van der Waals surface area (Å²) in [5.41, 5.74) is 3.77. The number of carbonyl (C=O) groups excluding carboxylic acids is 1. The lowest BCUT2D eigenvalue weighted by Gasteiger charge is -2.36. The van der Waals surface area contributed by atoms with Gasteiger partial charge in [-0.2, -0.15) is 0 Å². The Hall–Kier alpha value is -3.41. The second kappa shape index (κ2) is 8.08. The van der Waals surface area contributed by atoms with Crippen LogP contribution in [0.4, 0.5) is 17.2 Å². The second-order valence-corrected chi connectivity index (χ2v) is 6.91. The van der Waals surface area contributed by atoms with Crippen molar-refractivity contribution in [1.82, 2.24) is 9.97 Å². The molecule has 6 heteroatoms. The maximum atomic E-state index is 12.2. The maximum absolute atomic E-state index is 12.2. The summed E-state index contributed by atoms with van der Waals surface area (Å²) in [5.74, 6) is 0.748. The van der Waals surface area contributed by atoms with Crippen molar-refractivity contribution in [3.63, 3.8) is 0 Å². The molecule has 0 unspecified atom stereocenters. The van der Waals surface area contributed by atoms with Crippen LogP contribution in [0.1, 0.15) is 15.9 Å². The van der Waals surface area contributed by atoms with Crippen molar-refractivity contribution in [2.24, 2.45) is 0 Å². The van der Waals surface area contributed by atoms with Gasteiger partial charge in [0, 0.05) is 44.3 Å². The standard InChI is InChI=1S/C22H23N5O/c1-17-4-2-6-20(14-17)26-10-12-27(13-11-26)21-8-7-19(16-24-21)25-22(28)18-5-3-9-23-15-18/h2-9,14-16H,10-13H2,1H3,(H,25,28). The molecule has 1 aromatic carbocycles. The predicted octanol–water partition coefficient (Wildman–Crippen LogP) is 3.36. The van der Waals surface area contributed by atoms with E-state index in [1.165, 1.54) is 11.3 Å². The number of benzene rings is 1. The Labute approximate surface area is 164 Å². The largest absolute Gasteiger partial charge is 0.368 e. The lowest BCUT2D eigenvalue weighted by Crippen LogP contribution is -2.46. The Morgan fingerprint density at radius 1 is 0.964 bits per heavy atom. The Morgan fingerprint density at radius 2 is 1.79 bits per heavy atom. The third-order valence-corrected chi connectivity index (χ3v) is 4.90. The summed E-state index contributed by atoms with van der Waals surface area (Å²) >= 11 is 0. The van der Waals surface area contributed by atoms with Crippen LogP contribution in [0.3, 0.4) is 0 Å². The Bertz CT molecular complexity index is 935. The molecule has 1 saturated heterocycles. The molecule has 1 N–H and O–H groups in total. The third-order valence-electron chi connectivity index (χ3n) is 4.90. The zero-order valence-electron chi connectivity index (χ0n) is 15.9. The monoisotopic (exact) mass is 373 g/mol. The SMILES string of the molecule is Cc1cccc(N2CCN(c3ccc(NC(=O)c4cccnc4)cn3)CC2)c1.